The van der Waals surface area contributed by atoms with E-state index < -0.39 is 6.10 Å². The van der Waals surface area contributed by atoms with Crippen LogP contribution in [-0.2, 0) is 42.6 Å². The Labute approximate surface area is 231 Å². The van der Waals surface area contributed by atoms with E-state index in [1.54, 1.807) is 14.0 Å². The highest BCUT2D eigenvalue weighted by Gasteiger charge is 2.14. The van der Waals surface area contributed by atoms with E-state index >= 15 is 0 Å². The molecule has 10 heteroatoms. The summed E-state index contributed by atoms with van der Waals surface area (Å²) in [6, 6.07) is 0. The molecule has 0 aliphatic heterocycles. The number of methoxy groups -OCH3 is 1. The van der Waals surface area contributed by atoms with Crippen molar-refractivity contribution in [1.82, 2.24) is 0 Å². The fourth-order valence-electron chi connectivity index (χ4n) is 3.02. The molecular formula is C28H58O10. The highest BCUT2D eigenvalue weighted by Crippen LogP contribution is 2.05. The number of hydrogen-bond acceptors (Lipinski definition) is 10. The average Bonchev–Trinajstić information content (AvgIpc) is 2.87. The lowest BCUT2D eigenvalue weighted by Gasteiger charge is -2.23. The SMILES string of the molecule is COCC(C)OCC(C)OCC(C)OCC(C)OCC(C)OCC(C)OCC(C)OCC(C)OCC(C)O. The fraction of sp³-hybridized carbons (Fsp3) is 1.00. The van der Waals surface area contributed by atoms with E-state index in [-0.39, 0.29) is 48.8 Å². The molecule has 38 heavy (non-hydrogen) atoms. The molecule has 0 aromatic carbocycles. The van der Waals surface area contributed by atoms with Gasteiger partial charge in [0.2, 0.25) is 0 Å². The molecular weight excluding hydrogens is 496 g/mol. The van der Waals surface area contributed by atoms with Gasteiger partial charge in [0.15, 0.2) is 0 Å². The Morgan fingerprint density at radius 2 is 0.526 bits per heavy atom. The maximum atomic E-state index is 9.27. The van der Waals surface area contributed by atoms with Gasteiger partial charge in [-0.1, -0.05) is 0 Å². The van der Waals surface area contributed by atoms with Crippen molar-refractivity contribution in [2.75, 3.05) is 66.6 Å². The molecule has 0 saturated carbocycles. The van der Waals surface area contributed by atoms with Crippen LogP contribution in [0.15, 0.2) is 0 Å². The molecule has 0 bridgehead atoms. The first kappa shape index (κ1) is 37.6. The summed E-state index contributed by atoms with van der Waals surface area (Å²) in [4.78, 5) is 0. The van der Waals surface area contributed by atoms with E-state index in [0.717, 1.165) is 0 Å². The summed E-state index contributed by atoms with van der Waals surface area (Å²) in [6.07, 6.45) is -0.822. The first-order valence-corrected chi connectivity index (χ1v) is 14.0. The molecule has 0 saturated heterocycles. The molecule has 0 aliphatic carbocycles. The second kappa shape index (κ2) is 23.3. The second-order valence-electron chi connectivity index (χ2n) is 10.5. The summed E-state index contributed by atoms with van der Waals surface area (Å²) in [6.45, 7) is 21.7. The van der Waals surface area contributed by atoms with Crippen molar-refractivity contribution in [2.45, 2.75) is 117 Å². The summed E-state index contributed by atoms with van der Waals surface area (Å²) >= 11 is 0. The number of hydrogen-bond donors (Lipinski definition) is 1. The Morgan fingerprint density at radius 3 is 0.711 bits per heavy atom. The largest absolute Gasteiger partial charge is 0.391 e. The first-order chi connectivity index (χ1) is 17.9. The summed E-state index contributed by atoms with van der Waals surface area (Å²) in [5, 5.41) is 9.27. The molecule has 10 nitrogen and oxygen atoms in total. The minimum Gasteiger partial charge on any atom is -0.391 e. The highest BCUT2D eigenvalue weighted by molar-refractivity contribution is 4.60. The van der Waals surface area contributed by atoms with Crippen LogP contribution >= 0.6 is 0 Å². The van der Waals surface area contributed by atoms with Crippen molar-refractivity contribution in [3.63, 3.8) is 0 Å². The van der Waals surface area contributed by atoms with Crippen molar-refractivity contribution >= 4 is 0 Å². The normalized spacial score (nSPS) is 19.3. The minimum atomic E-state index is -0.478. The number of rotatable bonds is 26. The molecule has 0 aromatic rings. The van der Waals surface area contributed by atoms with Crippen LogP contribution in [0.2, 0.25) is 0 Å². The van der Waals surface area contributed by atoms with Crippen LogP contribution in [0.5, 0.6) is 0 Å². The predicted molar refractivity (Wildman–Crippen MR) is 147 cm³/mol. The van der Waals surface area contributed by atoms with Crippen LogP contribution < -0.4 is 0 Å². The third-order valence-electron chi connectivity index (χ3n) is 5.33. The van der Waals surface area contributed by atoms with Crippen LogP contribution in [0.3, 0.4) is 0 Å². The quantitative estimate of drug-likeness (QED) is 0.171. The molecule has 0 aromatic heterocycles. The van der Waals surface area contributed by atoms with Crippen LogP contribution in [0.1, 0.15) is 62.3 Å². The van der Waals surface area contributed by atoms with Gasteiger partial charge in [-0.2, -0.15) is 0 Å². The fourth-order valence-corrected chi connectivity index (χ4v) is 3.02. The minimum absolute atomic E-state index is 0.0150. The van der Waals surface area contributed by atoms with Crippen molar-refractivity contribution in [3.8, 4) is 0 Å². The summed E-state index contributed by atoms with van der Waals surface area (Å²) in [7, 11) is 1.66. The van der Waals surface area contributed by atoms with Crippen molar-refractivity contribution < 1.29 is 47.7 Å². The Kier molecular flexibility index (Phi) is 23.1. The number of aliphatic hydroxyl groups excluding tert-OH is 1. The molecule has 9 unspecified atom stereocenters. The molecule has 1 N–H and O–H groups in total. The molecule has 0 fully saturated rings. The lowest BCUT2D eigenvalue weighted by molar-refractivity contribution is -0.110. The van der Waals surface area contributed by atoms with Gasteiger partial charge in [0, 0.05) is 7.11 Å². The molecule has 0 radical (unpaired) electrons. The molecule has 0 amide bonds. The lowest BCUT2D eigenvalue weighted by atomic mass is 10.3. The second-order valence-corrected chi connectivity index (χ2v) is 10.5. The zero-order valence-corrected chi connectivity index (χ0v) is 25.7. The Bertz CT molecular complexity index is 524. The first-order valence-electron chi connectivity index (χ1n) is 14.0. The number of aliphatic hydroxyl groups is 1. The van der Waals surface area contributed by atoms with Crippen LogP contribution in [0, 0.1) is 0 Å². The third kappa shape index (κ3) is 23.5. The molecule has 0 rings (SSSR count). The van der Waals surface area contributed by atoms with Gasteiger partial charge in [-0.05, 0) is 62.3 Å². The van der Waals surface area contributed by atoms with Gasteiger partial charge >= 0.3 is 0 Å². The monoisotopic (exact) mass is 554 g/mol. The Balaban J connectivity index is 3.85. The van der Waals surface area contributed by atoms with E-state index in [4.69, 9.17) is 42.6 Å². The molecule has 0 spiro atoms. The predicted octanol–water partition coefficient (Wildman–Crippen LogP) is 3.25. The Hall–Kier alpha value is -0.400. The van der Waals surface area contributed by atoms with E-state index in [1.807, 2.05) is 55.4 Å². The summed E-state index contributed by atoms with van der Waals surface area (Å²) in [5.74, 6) is 0. The van der Waals surface area contributed by atoms with Crippen LogP contribution in [0.4, 0.5) is 0 Å². The van der Waals surface area contributed by atoms with Crippen LogP contribution in [0.25, 0.3) is 0 Å². The van der Waals surface area contributed by atoms with E-state index in [0.29, 0.717) is 59.5 Å². The summed E-state index contributed by atoms with van der Waals surface area (Å²) < 4.78 is 51.2. The van der Waals surface area contributed by atoms with Crippen molar-refractivity contribution in [2.24, 2.45) is 0 Å². The van der Waals surface area contributed by atoms with Crippen molar-refractivity contribution in [1.29, 1.82) is 0 Å². The third-order valence-corrected chi connectivity index (χ3v) is 5.33. The summed E-state index contributed by atoms with van der Waals surface area (Å²) in [5.41, 5.74) is 0. The molecule has 0 aliphatic rings. The molecule has 9 atom stereocenters. The Morgan fingerprint density at radius 1 is 0.342 bits per heavy atom. The average molecular weight is 555 g/mol. The van der Waals surface area contributed by atoms with Gasteiger partial charge in [0.05, 0.1) is 114 Å². The molecule has 0 heterocycles. The topological polar surface area (TPSA) is 103 Å². The van der Waals surface area contributed by atoms with Gasteiger partial charge in [-0.3, -0.25) is 0 Å². The van der Waals surface area contributed by atoms with Gasteiger partial charge in [0.1, 0.15) is 0 Å². The maximum Gasteiger partial charge on any atom is 0.0781 e. The highest BCUT2D eigenvalue weighted by atomic mass is 16.6. The van der Waals surface area contributed by atoms with Gasteiger partial charge in [-0.15, -0.1) is 0 Å². The zero-order chi connectivity index (χ0) is 28.9. The lowest BCUT2D eigenvalue weighted by Crippen LogP contribution is -2.30. The number of ether oxygens (including phenoxy) is 9. The van der Waals surface area contributed by atoms with E-state index in [1.165, 1.54) is 0 Å². The standard InChI is InChI=1S/C28H58O10/c1-20(29)11-31-22(3)13-33-24(5)15-35-26(7)17-37-28(9)19-38-27(8)18-36-25(6)16-34-23(4)14-32-21(2)12-30-10/h20-29H,11-19H2,1-10H3. The van der Waals surface area contributed by atoms with Gasteiger partial charge < -0.3 is 47.7 Å². The molecule has 230 valence electrons. The van der Waals surface area contributed by atoms with Gasteiger partial charge in [0.25, 0.3) is 0 Å². The van der Waals surface area contributed by atoms with Crippen molar-refractivity contribution in [3.05, 3.63) is 0 Å². The smallest absolute Gasteiger partial charge is 0.0781 e. The van der Waals surface area contributed by atoms with Crippen LogP contribution in [-0.4, -0.2) is 127 Å². The van der Waals surface area contributed by atoms with E-state index in [9.17, 15) is 5.11 Å². The van der Waals surface area contributed by atoms with E-state index in [2.05, 4.69) is 0 Å². The van der Waals surface area contributed by atoms with Gasteiger partial charge in [-0.25, -0.2) is 0 Å². The zero-order valence-electron chi connectivity index (χ0n) is 25.7. The maximum absolute atomic E-state index is 9.27.